The zero-order valence-electron chi connectivity index (χ0n) is 19.6. The molecule has 2 atom stereocenters. The number of piperazine rings is 1. The number of primary amides is 1. The third kappa shape index (κ3) is 10.9. The molecule has 0 aromatic heterocycles. The molecule has 2 unspecified atom stereocenters. The standard InChI is InChI=1S/C16H28N4O5.C7H8/c1-10-14(23)20(8-7-18-10)9-13(22)19-11(5-6-12(17)21)15(24)25-16(2,3)4;1-7-5-3-2-4-6-7/h10-11,18H,5-9H2,1-4H3,(H2,17,21)(H,19,22);2-6H,1H3. The maximum Gasteiger partial charge on any atom is 0.329 e. The highest BCUT2D eigenvalue weighted by Crippen LogP contribution is 2.11. The molecule has 1 heterocycles. The van der Waals surface area contributed by atoms with Crippen molar-refractivity contribution in [2.45, 2.75) is 65.1 Å². The molecule has 4 N–H and O–H groups in total. The molecule has 9 nitrogen and oxygen atoms in total. The summed E-state index contributed by atoms with van der Waals surface area (Å²) in [7, 11) is 0. The van der Waals surface area contributed by atoms with Crippen molar-refractivity contribution in [1.29, 1.82) is 0 Å². The molecule has 0 spiro atoms. The Morgan fingerprint density at radius 3 is 2.38 bits per heavy atom. The average Bonchev–Trinajstić information content (AvgIpc) is 2.68. The van der Waals surface area contributed by atoms with Crippen LogP contribution in [0.3, 0.4) is 0 Å². The Labute approximate surface area is 190 Å². The smallest absolute Gasteiger partial charge is 0.329 e. The number of benzene rings is 1. The number of esters is 1. The molecule has 32 heavy (non-hydrogen) atoms. The molecule has 2 rings (SSSR count). The number of aryl methyl sites for hydroxylation is 1. The van der Waals surface area contributed by atoms with Crippen molar-refractivity contribution in [3.63, 3.8) is 0 Å². The van der Waals surface area contributed by atoms with Crippen LogP contribution in [-0.2, 0) is 23.9 Å². The molecule has 1 fully saturated rings. The van der Waals surface area contributed by atoms with E-state index in [1.54, 1.807) is 27.7 Å². The van der Waals surface area contributed by atoms with Gasteiger partial charge in [0.1, 0.15) is 11.6 Å². The number of nitrogens with zero attached hydrogens (tertiary/aromatic N) is 1. The summed E-state index contributed by atoms with van der Waals surface area (Å²) in [5.41, 5.74) is 5.71. The van der Waals surface area contributed by atoms with Crippen molar-refractivity contribution >= 4 is 23.7 Å². The lowest BCUT2D eigenvalue weighted by atomic mass is 10.1. The number of carbonyl (C=O) groups is 4. The minimum absolute atomic E-state index is 0.0435. The van der Waals surface area contributed by atoms with Crippen molar-refractivity contribution in [3.8, 4) is 0 Å². The Kier molecular flexibility index (Phi) is 10.8. The molecule has 1 aromatic carbocycles. The molecular formula is C23H36N4O5. The second kappa shape index (κ2) is 12.8. The van der Waals surface area contributed by atoms with Gasteiger partial charge in [0, 0.05) is 19.5 Å². The molecule has 3 amide bonds. The first-order chi connectivity index (χ1) is 14.9. The number of rotatable bonds is 7. The summed E-state index contributed by atoms with van der Waals surface area (Å²) in [5, 5.41) is 5.55. The number of ether oxygens (including phenoxy) is 1. The van der Waals surface area contributed by atoms with Crippen LogP contribution >= 0.6 is 0 Å². The first-order valence-corrected chi connectivity index (χ1v) is 10.7. The van der Waals surface area contributed by atoms with E-state index < -0.39 is 29.4 Å². The van der Waals surface area contributed by atoms with Gasteiger partial charge >= 0.3 is 5.97 Å². The van der Waals surface area contributed by atoms with E-state index in [4.69, 9.17) is 10.5 Å². The molecule has 9 heteroatoms. The maximum absolute atomic E-state index is 12.2. The van der Waals surface area contributed by atoms with E-state index in [0.29, 0.717) is 13.1 Å². The first-order valence-electron chi connectivity index (χ1n) is 10.7. The van der Waals surface area contributed by atoms with Gasteiger partial charge in [-0.3, -0.25) is 14.4 Å². The topological polar surface area (TPSA) is 131 Å². The minimum Gasteiger partial charge on any atom is -0.458 e. The molecular weight excluding hydrogens is 412 g/mol. The lowest BCUT2D eigenvalue weighted by Gasteiger charge is -2.31. The molecule has 1 aliphatic rings. The van der Waals surface area contributed by atoms with Crippen molar-refractivity contribution in [1.82, 2.24) is 15.5 Å². The SMILES string of the molecule is CC1NCCN(CC(=O)NC(CCC(N)=O)C(=O)OC(C)(C)C)C1=O.Cc1ccccc1. The molecule has 0 radical (unpaired) electrons. The van der Waals surface area contributed by atoms with E-state index in [1.807, 2.05) is 18.2 Å². The zero-order chi connectivity index (χ0) is 24.3. The van der Waals surface area contributed by atoms with E-state index in [-0.39, 0.29) is 31.3 Å². The van der Waals surface area contributed by atoms with Gasteiger partial charge in [-0.05, 0) is 41.0 Å². The Hall–Kier alpha value is -2.94. The van der Waals surface area contributed by atoms with Gasteiger partial charge in [-0.25, -0.2) is 4.79 Å². The third-order valence-electron chi connectivity index (χ3n) is 4.50. The average molecular weight is 449 g/mol. The van der Waals surface area contributed by atoms with Crippen molar-refractivity contribution in [2.24, 2.45) is 5.73 Å². The van der Waals surface area contributed by atoms with Gasteiger partial charge in [-0.2, -0.15) is 0 Å². The minimum atomic E-state index is -0.991. The summed E-state index contributed by atoms with van der Waals surface area (Å²) in [5.74, 6) is -1.87. The van der Waals surface area contributed by atoms with Crippen molar-refractivity contribution in [3.05, 3.63) is 35.9 Å². The van der Waals surface area contributed by atoms with Crippen LogP contribution in [0.2, 0.25) is 0 Å². The van der Waals surface area contributed by atoms with E-state index in [2.05, 4.69) is 29.7 Å². The number of carbonyl (C=O) groups excluding carboxylic acids is 4. The van der Waals surface area contributed by atoms with Gasteiger partial charge in [0.15, 0.2) is 0 Å². The van der Waals surface area contributed by atoms with Gasteiger partial charge in [-0.15, -0.1) is 0 Å². The van der Waals surface area contributed by atoms with Crippen LogP contribution in [0, 0.1) is 6.92 Å². The van der Waals surface area contributed by atoms with Gasteiger partial charge < -0.3 is 26.0 Å². The van der Waals surface area contributed by atoms with E-state index in [0.717, 1.165) is 0 Å². The highest BCUT2D eigenvalue weighted by molar-refractivity contribution is 5.90. The second-order valence-corrected chi connectivity index (χ2v) is 8.75. The number of nitrogens with one attached hydrogen (secondary N) is 2. The van der Waals surface area contributed by atoms with Crippen LogP contribution in [0.4, 0.5) is 0 Å². The van der Waals surface area contributed by atoms with Crippen LogP contribution < -0.4 is 16.4 Å². The first kappa shape index (κ1) is 27.1. The van der Waals surface area contributed by atoms with Gasteiger partial charge in [0.2, 0.25) is 17.7 Å². The number of hydrogen-bond donors (Lipinski definition) is 3. The molecule has 0 bridgehead atoms. The maximum atomic E-state index is 12.2. The predicted molar refractivity (Wildman–Crippen MR) is 121 cm³/mol. The summed E-state index contributed by atoms with van der Waals surface area (Å²) in [6.07, 6.45) is -0.0182. The van der Waals surface area contributed by atoms with Crippen molar-refractivity contribution < 1.29 is 23.9 Å². The van der Waals surface area contributed by atoms with Crippen LogP contribution in [0.5, 0.6) is 0 Å². The van der Waals surface area contributed by atoms with Crippen molar-refractivity contribution in [2.75, 3.05) is 19.6 Å². The number of hydrogen-bond acceptors (Lipinski definition) is 6. The van der Waals surface area contributed by atoms with Gasteiger partial charge in [0.05, 0.1) is 12.6 Å². The summed E-state index contributed by atoms with van der Waals surface area (Å²) in [4.78, 5) is 48.9. The fourth-order valence-corrected chi connectivity index (χ4v) is 2.90. The monoisotopic (exact) mass is 448 g/mol. The van der Waals surface area contributed by atoms with Crippen LogP contribution in [0.1, 0.15) is 46.1 Å². The quantitative estimate of drug-likeness (QED) is 0.531. The highest BCUT2D eigenvalue weighted by atomic mass is 16.6. The molecule has 0 saturated carbocycles. The Bertz CT molecular complexity index is 776. The summed E-state index contributed by atoms with van der Waals surface area (Å²) in [6.45, 7) is 9.78. The van der Waals surface area contributed by atoms with Gasteiger partial charge in [-0.1, -0.05) is 35.9 Å². The third-order valence-corrected chi connectivity index (χ3v) is 4.50. The fraction of sp³-hybridized carbons (Fsp3) is 0.565. The summed E-state index contributed by atoms with van der Waals surface area (Å²) in [6, 6.07) is 8.92. The highest BCUT2D eigenvalue weighted by Gasteiger charge is 2.30. The van der Waals surface area contributed by atoms with Crippen LogP contribution in [0.25, 0.3) is 0 Å². The summed E-state index contributed by atoms with van der Waals surface area (Å²) >= 11 is 0. The zero-order valence-corrected chi connectivity index (χ0v) is 19.6. The Morgan fingerprint density at radius 1 is 1.25 bits per heavy atom. The van der Waals surface area contributed by atoms with E-state index >= 15 is 0 Å². The normalized spacial score (nSPS) is 17.0. The Morgan fingerprint density at radius 2 is 1.88 bits per heavy atom. The van der Waals surface area contributed by atoms with E-state index in [9.17, 15) is 19.2 Å². The van der Waals surface area contributed by atoms with E-state index in [1.165, 1.54) is 10.5 Å². The fourth-order valence-electron chi connectivity index (χ4n) is 2.90. The second-order valence-electron chi connectivity index (χ2n) is 8.75. The van der Waals surface area contributed by atoms with Crippen LogP contribution in [0.15, 0.2) is 30.3 Å². The lowest BCUT2D eigenvalue weighted by Crippen LogP contribution is -2.57. The van der Waals surface area contributed by atoms with Crippen LogP contribution in [-0.4, -0.2) is 65.9 Å². The predicted octanol–water partition coefficient (Wildman–Crippen LogP) is 0.894. The largest absolute Gasteiger partial charge is 0.458 e. The summed E-state index contributed by atoms with van der Waals surface area (Å²) < 4.78 is 5.26. The number of nitrogens with two attached hydrogens (primary N) is 1. The molecule has 1 saturated heterocycles. The lowest BCUT2D eigenvalue weighted by molar-refractivity contribution is -0.159. The number of amides is 3. The molecule has 178 valence electrons. The molecule has 1 aliphatic heterocycles. The molecule has 0 aliphatic carbocycles. The Balaban J connectivity index is 0.000000616. The van der Waals surface area contributed by atoms with Gasteiger partial charge in [0.25, 0.3) is 0 Å². The molecule has 1 aromatic rings.